The van der Waals surface area contributed by atoms with Gasteiger partial charge in [0.1, 0.15) is 0 Å². The predicted molar refractivity (Wildman–Crippen MR) is 106 cm³/mol. The van der Waals surface area contributed by atoms with Crippen molar-refractivity contribution in [1.29, 1.82) is 0 Å². The number of hydrogen-bond donors (Lipinski definition) is 1. The van der Waals surface area contributed by atoms with E-state index in [1.54, 1.807) is 0 Å². The lowest BCUT2D eigenvalue weighted by atomic mass is 10.0. The van der Waals surface area contributed by atoms with Gasteiger partial charge in [-0.25, -0.2) is 0 Å². The monoisotopic (exact) mass is 373 g/mol. The van der Waals surface area contributed by atoms with Gasteiger partial charge in [-0.05, 0) is 43.5 Å². The molecule has 6 heteroatoms. The minimum absolute atomic E-state index is 0.209. The summed E-state index contributed by atoms with van der Waals surface area (Å²) >= 11 is 0. The Hall–Kier alpha value is -1.79. The van der Waals surface area contributed by atoms with E-state index in [2.05, 4.69) is 34.5 Å². The molecule has 0 aliphatic carbocycles. The summed E-state index contributed by atoms with van der Waals surface area (Å²) in [5.74, 6) is -0.203. The summed E-state index contributed by atoms with van der Waals surface area (Å²) in [5, 5.41) is 3.38. The Morgan fingerprint density at radius 3 is 2.30 bits per heavy atom. The Bertz CT molecular complexity index is 612. The van der Waals surface area contributed by atoms with Crippen LogP contribution in [0.4, 0.5) is 11.4 Å². The van der Waals surface area contributed by atoms with Crippen LogP contribution in [0.5, 0.6) is 0 Å². The summed E-state index contributed by atoms with van der Waals surface area (Å²) < 4.78 is 11.5. The Kier molecular flexibility index (Phi) is 5.83. The highest BCUT2D eigenvalue weighted by atomic mass is 16.7. The molecule has 3 aliphatic rings. The van der Waals surface area contributed by atoms with Crippen molar-refractivity contribution in [2.24, 2.45) is 0 Å². The number of nitrogens with zero attached hydrogens (tertiary/aromatic N) is 2. The van der Waals surface area contributed by atoms with Gasteiger partial charge in [-0.15, -0.1) is 0 Å². The molecule has 0 bridgehead atoms. The molecule has 0 unspecified atom stereocenters. The number of rotatable bonds is 5. The van der Waals surface area contributed by atoms with Crippen LogP contribution in [0, 0.1) is 0 Å². The van der Waals surface area contributed by atoms with Crippen LogP contribution in [0.25, 0.3) is 0 Å². The van der Waals surface area contributed by atoms with Gasteiger partial charge in [-0.1, -0.05) is 0 Å². The van der Waals surface area contributed by atoms with E-state index in [9.17, 15) is 4.79 Å². The maximum atomic E-state index is 12.4. The predicted octanol–water partition coefficient (Wildman–Crippen LogP) is 2.84. The number of benzene rings is 1. The number of ether oxygens (including phenoxy) is 2. The van der Waals surface area contributed by atoms with E-state index in [0.717, 1.165) is 44.7 Å². The molecule has 3 aliphatic heterocycles. The lowest BCUT2D eigenvalue weighted by Gasteiger charge is -2.37. The molecule has 0 aromatic heterocycles. The molecule has 1 aromatic carbocycles. The first-order valence-electron chi connectivity index (χ1n) is 10.4. The van der Waals surface area contributed by atoms with Crippen LogP contribution in [-0.4, -0.2) is 62.5 Å². The van der Waals surface area contributed by atoms with Crippen LogP contribution in [-0.2, 0) is 14.3 Å². The van der Waals surface area contributed by atoms with Crippen LogP contribution < -0.4 is 10.2 Å². The fraction of sp³-hybridized carbons (Fsp3) is 0.667. The van der Waals surface area contributed by atoms with E-state index in [1.165, 1.54) is 24.9 Å². The van der Waals surface area contributed by atoms with E-state index in [-0.39, 0.29) is 5.91 Å². The van der Waals surface area contributed by atoms with Crippen molar-refractivity contribution in [3.05, 3.63) is 24.3 Å². The van der Waals surface area contributed by atoms with Crippen molar-refractivity contribution in [3.63, 3.8) is 0 Å². The third kappa shape index (κ3) is 4.55. The topological polar surface area (TPSA) is 54.0 Å². The molecule has 1 amide bonds. The van der Waals surface area contributed by atoms with Crippen molar-refractivity contribution >= 4 is 17.3 Å². The summed E-state index contributed by atoms with van der Waals surface area (Å²) in [7, 11) is 0. The molecule has 0 saturated carbocycles. The van der Waals surface area contributed by atoms with Gasteiger partial charge in [0.25, 0.3) is 0 Å². The largest absolute Gasteiger partial charge is 0.385 e. The zero-order valence-corrected chi connectivity index (χ0v) is 16.1. The van der Waals surface area contributed by atoms with Crippen molar-refractivity contribution in [3.8, 4) is 0 Å². The molecule has 0 radical (unpaired) electrons. The third-order valence-electron chi connectivity index (χ3n) is 5.95. The van der Waals surface area contributed by atoms with Gasteiger partial charge in [0.05, 0.1) is 13.2 Å². The molecular formula is C21H31N3O3. The zero-order valence-electron chi connectivity index (χ0n) is 16.1. The van der Waals surface area contributed by atoms with Gasteiger partial charge in [0, 0.05) is 63.4 Å². The van der Waals surface area contributed by atoms with E-state index < -0.39 is 5.79 Å². The number of amides is 1. The van der Waals surface area contributed by atoms with Crippen LogP contribution >= 0.6 is 0 Å². The highest BCUT2D eigenvalue weighted by molar-refractivity contribution is 5.76. The van der Waals surface area contributed by atoms with E-state index >= 15 is 0 Å². The van der Waals surface area contributed by atoms with Crippen molar-refractivity contribution in [1.82, 2.24) is 4.90 Å². The number of carbonyl (C=O) groups excluding carboxylic acids is 1. The van der Waals surface area contributed by atoms with Crippen molar-refractivity contribution < 1.29 is 14.3 Å². The van der Waals surface area contributed by atoms with Crippen LogP contribution in [0.2, 0.25) is 0 Å². The number of likely N-dealkylation sites (tertiary alicyclic amines) is 1. The van der Waals surface area contributed by atoms with Gasteiger partial charge in [0.15, 0.2) is 5.79 Å². The Morgan fingerprint density at radius 2 is 1.63 bits per heavy atom. The fourth-order valence-electron chi connectivity index (χ4n) is 4.30. The number of anilines is 2. The Balaban J connectivity index is 1.19. The minimum Gasteiger partial charge on any atom is -0.385 e. The molecule has 6 nitrogen and oxygen atoms in total. The fourth-order valence-corrected chi connectivity index (χ4v) is 4.30. The van der Waals surface area contributed by atoms with Crippen LogP contribution in [0.1, 0.15) is 38.5 Å². The molecule has 3 heterocycles. The SMILES string of the molecule is O=C(CCNc1ccc(N2CCCCC2)cc1)N1CCC2(CC1)OCCO2. The average Bonchev–Trinajstić information content (AvgIpc) is 3.17. The summed E-state index contributed by atoms with van der Waals surface area (Å²) in [6, 6.07) is 8.60. The first-order chi connectivity index (χ1) is 13.2. The second-order valence-corrected chi connectivity index (χ2v) is 7.76. The van der Waals surface area contributed by atoms with Gasteiger partial charge in [-0.3, -0.25) is 4.79 Å². The standard InChI is InChI=1S/C21H31N3O3/c25-20(24-14-9-21(10-15-24)26-16-17-27-21)8-11-22-18-4-6-19(7-5-18)23-12-2-1-3-13-23/h4-7,22H,1-3,8-17H2. The molecule has 3 saturated heterocycles. The first-order valence-corrected chi connectivity index (χ1v) is 10.4. The molecular weight excluding hydrogens is 342 g/mol. The molecule has 4 rings (SSSR count). The van der Waals surface area contributed by atoms with Gasteiger partial charge < -0.3 is 24.6 Å². The second kappa shape index (κ2) is 8.48. The first kappa shape index (κ1) is 18.6. The van der Waals surface area contributed by atoms with Crippen LogP contribution in [0.3, 0.4) is 0 Å². The number of nitrogens with one attached hydrogen (secondary N) is 1. The van der Waals surface area contributed by atoms with E-state index in [0.29, 0.717) is 26.2 Å². The summed E-state index contributed by atoms with van der Waals surface area (Å²) in [6.07, 6.45) is 6.01. The molecule has 1 aromatic rings. The number of hydrogen-bond acceptors (Lipinski definition) is 5. The molecule has 1 spiro atoms. The Morgan fingerprint density at radius 1 is 0.963 bits per heavy atom. The van der Waals surface area contributed by atoms with E-state index in [4.69, 9.17) is 9.47 Å². The molecule has 0 atom stereocenters. The smallest absolute Gasteiger partial charge is 0.224 e. The third-order valence-corrected chi connectivity index (χ3v) is 5.95. The summed E-state index contributed by atoms with van der Waals surface area (Å²) in [4.78, 5) is 16.8. The molecule has 3 fully saturated rings. The zero-order chi connectivity index (χ0) is 18.5. The van der Waals surface area contributed by atoms with Gasteiger partial charge in [-0.2, -0.15) is 0 Å². The molecule has 27 heavy (non-hydrogen) atoms. The highest BCUT2D eigenvalue weighted by Gasteiger charge is 2.40. The summed E-state index contributed by atoms with van der Waals surface area (Å²) in [5.41, 5.74) is 2.38. The molecule has 1 N–H and O–H groups in total. The number of piperidine rings is 2. The van der Waals surface area contributed by atoms with Gasteiger partial charge >= 0.3 is 0 Å². The highest BCUT2D eigenvalue weighted by Crippen LogP contribution is 2.31. The Labute approximate surface area is 161 Å². The van der Waals surface area contributed by atoms with Crippen molar-refractivity contribution in [2.75, 3.05) is 56.2 Å². The number of carbonyl (C=O) groups is 1. The maximum Gasteiger partial charge on any atom is 0.224 e. The minimum atomic E-state index is -0.412. The van der Waals surface area contributed by atoms with E-state index in [1.807, 2.05) is 4.90 Å². The van der Waals surface area contributed by atoms with Crippen molar-refractivity contribution in [2.45, 2.75) is 44.3 Å². The normalized spacial score (nSPS) is 22.2. The quantitative estimate of drug-likeness (QED) is 0.860. The van der Waals surface area contributed by atoms with Crippen LogP contribution in [0.15, 0.2) is 24.3 Å². The average molecular weight is 373 g/mol. The second-order valence-electron chi connectivity index (χ2n) is 7.76. The summed E-state index contributed by atoms with van der Waals surface area (Å²) in [6.45, 7) is 5.79. The molecule has 148 valence electrons. The lowest BCUT2D eigenvalue weighted by molar-refractivity contribution is -0.187. The lowest BCUT2D eigenvalue weighted by Crippen LogP contribution is -2.47. The maximum absolute atomic E-state index is 12.4. The van der Waals surface area contributed by atoms with Gasteiger partial charge in [0.2, 0.25) is 5.91 Å².